The number of halogens is 1. The number of urea groups is 1. The largest absolute Gasteiger partial charge is 0.354 e. The molecule has 3 aromatic rings. The molecule has 1 aliphatic heterocycles. The van der Waals surface area contributed by atoms with E-state index in [1.54, 1.807) is 0 Å². The number of benzene rings is 2. The van der Waals surface area contributed by atoms with Gasteiger partial charge in [-0.3, -0.25) is 5.32 Å². The minimum Gasteiger partial charge on any atom is -0.354 e. The number of hydrogen-bond acceptors (Lipinski definition) is 5. The second kappa shape index (κ2) is 9.90. The summed E-state index contributed by atoms with van der Waals surface area (Å²) in [6.07, 6.45) is 3.41. The summed E-state index contributed by atoms with van der Waals surface area (Å²) in [5.74, 6) is 0. The molecule has 0 bridgehead atoms. The zero-order chi connectivity index (χ0) is 22.7. The highest BCUT2D eigenvalue weighted by molar-refractivity contribution is 7.22. The summed E-state index contributed by atoms with van der Waals surface area (Å²) in [6, 6.07) is 12.0. The summed E-state index contributed by atoms with van der Waals surface area (Å²) in [6.45, 7) is 7.97. The van der Waals surface area contributed by atoms with Gasteiger partial charge in [-0.05, 0) is 69.1 Å². The van der Waals surface area contributed by atoms with Crippen LogP contribution in [0.1, 0.15) is 30.4 Å². The number of rotatable bonds is 7. The summed E-state index contributed by atoms with van der Waals surface area (Å²) in [4.78, 5) is 19.2. The van der Waals surface area contributed by atoms with Gasteiger partial charge in [0.05, 0.1) is 20.9 Å². The molecule has 1 saturated heterocycles. The van der Waals surface area contributed by atoms with Gasteiger partial charge in [-0.25, -0.2) is 9.78 Å². The fourth-order valence-corrected chi connectivity index (χ4v) is 5.19. The average Bonchev–Trinajstić information content (AvgIpc) is 3.35. The molecule has 1 fully saturated rings. The van der Waals surface area contributed by atoms with E-state index >= 15 is 0 Å². The van der Waals surface area contributed by atoms with Crippen molar-refractivity contribution in [3.63, 3.8) is 0 Å². The fourth-order valence-electron chi connectivity index (χ4n) is 4.02. The van der Waals surface area contributed by atoms with Crippen molar-refractivity contribution in [2.75, 3.05) is 30.8 Å². The van der Waals surface area contributed by atoms with E-state index in [-0.39, 0.29) is 6.03 Å². The van der Waals surface area contributed by atoms with Crippen LogP contribution in [0, 0.1) is 6.92 Å². The van der Waals surface area contributed by atoms with Crippen molar-refractivity contribution in [2.45, 2.75) is 32.2 Å². The molecule has 2 amide bonds. The number of thiazole rings is 1. The third kappa shape index (κ3) is 5.23. The number of carbonyl (C=O) groups is 1. The van der Waals surface area contributed by atoms with Crippen LogP contribution in [0.15, 0.2) is 43.0 Å². The number of nitrogens with one attached hydrogen (secondary N) is 3. The van der Waals surface area contributed by atoms with Crippen LogP contribution in [0.25, 0.3) is 15.9 Å². The minimum atomic E-state index is -0.217. The second-order valence-corrected chi connectivity index (χ2v) is 9.62. The molecule has 4 rings (SSSR count). The smallest absolute Gasteiger partial charge is 0.321 e. The summed E-state index contributed by atoms with van der Waals surface area (Å²) >= 11 is 7.77. The monoisotopic (exact) mass is 469 g/mol. The first kappa shape index (κ1) is 22.6. The zero-order valence-electron chi connectivity index (χ0n) is 18.4. The van der Waals surface area contributed by atoms with Gasteiger partial charge >= 0.3 is 6.03 Å². The van der Waals surface area contributed by atoms with Gasteiger partial charge in [0.2, 0.25) is 0 Å². The van der Waals surface area contributed by atoms with Crippen LogP contribution in [0.2, 0.25) is 5.02 Å². The molecule has 1 atom stereocenters. The number of likely N-dealkylation sites (tertiary alicyclic amines) is 1. The predicted octanol–water partition coefficient (Wildman–Crippen LogP) is 5.95. The fraction of sp³-hybridized carbons (Fsp3) is 0.333. The molecule has 1 aliphatic rings. The second-order valence-electron chi connectivity index (χ2n) is 8.18. The van der Waals surface area contributed by atoms with Gasteiger partial charge in [0.1, 0.15) is 0 Å². The van der Waals surface area contributed by atoms with Crippen molar-refractivity contribution >= 4 is 55.7 Å². The highest BCUT2D eigenvalue weighted by Gasteiger charge is 2.20. The van der Waals surface area contributed by atoms with Crippen molar-refractivity contribution in [1.82, 2.24) is 15.2 Å². The molecular formula is C24H28ClN5OS. The van der Waals surface area contributed by atoms with E-state index < -0.39 is 0 Å². The van der Waals surface area contributed by atoms with Crippen molar-refractivity contribution in [1.29, 1.82) is 0 Å². The van der Waals surface area contributed by atoms with Gasteiger partial charge in [-0.2, -0.15) is 0 Å². The van der Waals surface area contributed by atoms with Crippen LogP contribution >= 0.6 is 22.9 Å². The number of amides is 2. The van der Waals surface area contributed by atoms with Crippen LogP contribution in [0.5, 0.6) is 0 Å². The normalized spacial score (nSPS) is 16.3. The SMILES string of the molecule is C=C(Nc1c(C)cccc1Cl)c1ccc2nc(NC(=O)NCCC3CCCN3C)sc2c1. The first-order valence-corrected chi connectivity index (χ1v) is 12.0. The lowest BCUT2D eigenvalue weighted by Crippen LogP contribution is -2.34. The first-order chi connectivity index (χ1) is 15.4. The number of carbonyl (C=O) groups excluding carboxylic acids is 1. The first-order valence-electron chi connectivity index (χ1n) is 10.8. The maximum atomic E-state index is 12.3. The summed E-state index contributed by atoms with van der Waals surface area (Å²) in [5.41, 5.74) is 4.43. The Balaban J connectivity index is 1.37. The van der Waals surface area contributed by atoms with E-state index in [2.05, 4.69) is 39.5 Å². The molecule has 2 aromatic carbocycles. The molecule has 8 heteroatoms. The maximum Gasteiger partial charge on any atom is 0.321 e. The quantitative estimate of drug-likeness (QED) is 0.400. The number of para-hydroxylation sites is 1. The van der Waals surface area contributed by atoms with Crippen molar-refractivity contribution in [3.05, 3.63) is 59.1 Å². The number of anilines is 2. The zero-order valence-corrected chi connectivity index (χ0v) is 19.9. The molecule has 0 spiro atoms. The molecular weight excluding hydrogens is 442 g/mol. The van der Waals surface area contributed by atoms with Crippen LogP contribution in [0.4, 0.5) is 15.6 Å². The molecule has 3 N–H and O–H groups in total. The van der Waals surface area contributed by atoms with Gasteiger partial charge in [0.15, 0.2) is 5.13 Å². The van der Waals surface area contributed by atoms with Gasteiger partial charge < -0.3 is 15.5 Å². The van der Waals surface area contributed by atoms with E-state index in [4.69, 9.17) is 11.6 Å². The molecule has 1 unspecified atom stereocenters. The van der Waals surface area contributed by atoms with Crippen LogP contribution in [0.3, 0.4) is 0 Å². The van der Waals surface area contributed by atoms with Crippen molar-refractivity contribution < 1.29 is 4.79 Å². The standard InChI is InChI=1S/C24H28ClN5OS/c1-15-6-4-8-19(25)22(15)27-16(2)17-9-10-20-21(14-17)32-24(28-20)29-23(31)26-12-11-18-7-5-13-30(18)3/h4,6,8-10,14,18,27H,2,5,7,11-13H2,1,3H3,(H2,26,28,29,31). The lowest BCUT2D eigenvalue weighted by Gasteiger charge is -2.19. The summed E-state index contributed by atoms with van der Waals surface area (Å²) < 4.78 is 0.976. The number of aromatic nitrogens is 1. The van der Waals surface area contributed by atoms with E-state index in [1.165, 1.54) is 24.2 Å². The molecule has 1 aromatic heterocycles. The molecule has 2 heterocycles. The number of fused-ring (bicyclic) bond motifs is 1. The lowest BCUT2D eigenvalue weighted by atomic mass is 10.1. The van der Waals surface area contributed by atoms with Gasteiger partial charge in [0, 0.05) is 18.3 Å². The molecule has 0 saturated carbocycles. The third-order valence-electron chi connectivity index (χ3n) is 5.89. The Morgan fingerprint density at radius 2 is 2.16 bits per heavy atom. The lowest BCUT2D eigenvalue weighted by molar-refractivity contribution is 0.248. The van der Waals surface area contributed by atoms with E-state index in [9.17, 15) is 4.79 Å². The molecule has 168 valence electrons. The van der Waals surface area contributed by atoms with Crippen LogP contribution in [-0.2, 0) is 0 Å². The molecule has 0 radical (unpaired) electrons. The third-order valence-corrected chi connectivity index (χ3v) is 7.14. The Labute approximate surface area is 197 Å². The van der Waals surface area contributed by atoms with Crippen LogP contribution in [-0.4, -0.2) is 42.1 Å². The van der Waals surface area contributed by atoms with Gasteiger partial charge in [-0.1, -0.05) is 47.7 Å². The maximum absolute atomic E-state index is 12.3. The number of aryl methyl sites for hydroxylation is 1. The minimum absolute atomic E-state index is 0.217. The molecule has 6 nitrogen and oxygen atoms in total. The Morgan fingerprint density at radius 1 is 1.31 bits per heavy atom. The Bertz CT molecular complexity index is 1120. The van der Waals surface area contributed by atoms with E-state index in [1.807, 2.05) is 43.3 Å². The van der Waals surface area contributed by atoms with Gasteiger partial charge in [-0.15, -0.1) is 0 Å². The Morgan fingerprint density at radius 3 is 2.91 bits per heavy atom. The number of hydrogen-bond donors (Lipinski definition) is 3. The van der Waals surface area contributed by atoms with Crippen molar-refractivity contribution in [2.24, 2.45) is 0 Å². The molecule has 0 aliphatic carbocycles. The average molecular weight is 470 g/mol. The molecule has 32 heavy (non-hydrogen) atoms. The van der Waals surface area contributed by atoms with Crippen molar-refractivity contribution in [3.8, 4) is 0 Å². The summed E-state index contributed by atoms with van der Waals surface area (Å²) in [7, 11) is 2.15. The topological polar surface area (TPSA) is 69.3 Å². The Kier molecular flexibility index (Phi) is 6.98. The number of nitrogens with zero attached hydrogens (tertiary/aromatic N) is 2. The highest BCUT2D eigenvalue weighted by Crippen LogP contribution is 2.31. The highest BCUT2D eigenvalue weighted by atomic mass is 35.5. The van der Waals surface area contributed by atoms with Crippen LogP contribution < -0.4 is 16.0 Å². The van der Waals surface area contributed by atoms with E-state index in [0.717, 1.165) is 45.7 Å². The summed E-state index contributed by atoms with van der Waals surface area (Å²) in [5, 5.41) is 10.4. The van der Waals surface area contributed by atoms with E-state index in [0.29, 0.717) is 22.7 Å². The van der Waals surface area contributed by atoms with Gasteiger partial charge in [0.25, 0.3) is 0 Å². The Hall–Kier alpha value is -2.61. The predicted molar refractivity (Wildman–Crippen MR) is 136 cm³/mol.